The van der Waals surface area contributed by atoms with Crippen molar-refractivity contribution in [1.29, 1.82) is 0 Å². The maximum Gasteiger partial charge on any atom is 0.274 e. The van der Waals surface area contributed by atoms with Crippen LogP contribution < -0.4 is 4.90 Å². The van der Waals surface area contributed by atoms with Crippen LogP contribution in [0.15, 0.2) is 37.1 Å². The molecule has 1 atom stereocenters. The van der Waals surface area contributed by atoms with E-state index in [0.29, 0.717) is 18.8 Å². The predicted molar refractivity (Wildman–Crippen MR) is 92.6 cm³/mol. The Balaban J connectivity index is 1.59. The van der Waals surface area contributed by atoms with E-state index in [2.05, 4.69) is 15.1 Å². The smallest absolute Gasteiger partial charge is 0.274 e. The first kappa shape index (κ1) is 15.5. The van der Waals surface area contributed by atoms with Crippen LogP contribution in [0.25, 0.3) is 5.52 Å². The van der Waals surface area contributed by atoms with Crippen LogP contribution in [0.3, 0.4) is 0 Å². The van der Waals surface area contributed by atoms with E-state index in [-0.39, 0.29) is 11.8 Å². The zero-order valence-electron chi connectivity index (χ0n) is 14.2. The number of likely N-dealkylation sites (tertiary alicyclic amines) is 1. The van der Waals surface area contributed by atoms with Gasteiger partial charge in [-0.05, 0) is 12.5 Å². The molecule has 3 aromatic heterocycles. The number of carbonyl (C=O) groups is 1. The summed E-state index contributed by atoms with van der Waals surface area (Å²) >= 11 is 0. The number of nitrogens with zero attached hydrogens (tertiary/aromatic N) is 7. The highest BCUT2D eigenvalue weighted by molar-refractivity contribution is 5.92. The molecule has 8 heteroatoms. The van der Waals surface area contributed by atoms with Crippen molar-refractivity contribution < 1.29 is 4.79 Å². The molecule has 128 valence electrons. The van der Waals surface area contributed by atoms with E-state index in [1.165, 1.54) is 12.4 Å². The molecule has 0 unspecified atom stereocenters. The Morgan fingerprint density at radius 2 is 2.16 bits per heavy atom. The number of amides is 1. The van der Waals surface area contributed by atoms with Crippen LogP contribution in [0.1, 0.15) is 28.5 Å². The number of anilines is 1. The van der Waals surface area contributed by atoms with Gasteiger partial charge in [-0.2, -0.15) is 5.10 Å². The van der Waals surface area contributed by atoms with Crippen molar-refractivity contribution in [3.63, 3.8) is 0 Å². The minimum atomic E-state index is -0.0800. The molecule has 0 radical (unpaired) electrons. The second kappa shape index (κ2) is 6.12. The standard InChI is InChI=1S/C17H19N7O/c1-22(2)16-15-3-5-20-24(15)11-14(21-16)12-4-8-23(10-12)17(25)13-9-18-6-7-19-13/h3,5-7,9,11-12H,4,8,10H2,1-2H3/t12-/m0/s1. The molecule has 0 saturated carbocycles. The average molecular weight is 337 g/mol. The number of hydrogen-bond donors (Lipinski definition) is 0. The molecule has 4 heterocycles. The van der Waals surface area contributed by atoms with Gasteiger partial charge in [-0.25, -0.2) is 14.5 Å². The quantitative estimate of drug-likeness (QED) is 0.715. The third-order valence-electron chi connectivity index (χ3n) is 4.49. The molecule has 1 aliphatic heterocycles. The molecule has 1 aliphatic rings. The maximum absolute atomic E-state index is 12.5. The van der Waals surface area contributed by atoms with E-state index < -0.39 is 0 Å². The van der Waals surface area contributed by atoms with E-state index in [4.69, 9.17) is 4.98 Å². The molecule has 0 aromatic carbocycles. The topological polar surface area (TPSA) is 79.5 Å². The van der Waals surface area contributed by atoms with Crippen molar-refractivity contribution in [2.24, 2.45) is 0 Å². The van der Waals surface area contributed by atoms with Gasteiger partial charge in [0.15, 0.2) is 5.82 Å². The van der Waals surface area contributed by atoms with Crippen molar-refractivity contribution >= 4 is 17.2 Å². The summed E-state index contributed by atoms with van der Waals surface area (Å²) in [5, 5.41) is 4.35. The van der Waals surface area contributed by atoms with Crippen molar-refractivity contribution in [2.75, 3.05) is 32.1 Å². The normalized spacial score (nSPS) is 17.2. The Hall–Kier alpha value is -3.03. The van der Waals surface area contributed by atoms with Crippen LogP contribution >= 0.6 is 0 Å². The Kier molecular flexibility index (Phi) is 3.79. The molecule has 0 bridgehead atoms. The lowest BCUT2D eigenvalue weighted by molar-refractivity contribution is 0.0784. The number of aromatic nitrogens is 5. The lowest BCUT2D eigenvalue weighted by atomic mass is 10.1. The summed E-state index contributed by atoms with van der Waals surface area (Å²) in [5.74, 6) is 0.991. The highest BCUT2D eigenvalue weighted by atomic mass is 16.2. The largest absolute Gasteiger partial charge is 0.361 e. The van der Waals surface area contributed by atoms with Gasteiger partial charge in [-0.3, -0.25) is 9.78 Å². The second-order valence-electron chi connectivity index (χ2n) is 6.37. The van der Waals surface area contributed by atoms with Crippen molar-refractivity contribution in [3.8, 4) is 0 Å². The van der Waals surface area contributed by atoms with E-state index in [1.807, 2.05) is 40.7 Å². The summed E-state index contributed by atoms with van der Waals surface area (Å²) < 4.78 is 1.85. The number of fused-ring (bicyclic) bond motifs is 1. The average Bonchev–Trinajstić information content (AvgIpc) is 3.30. The van der Waals surface area contributed by atoms with E-state index in [0.717, 1.165) is 23.4 Å². The van der Waals surface area contributed by atoms with Gasteiger partial charge in [0.2, 0.25) is 0 Å². The third-order valence-corrected chi connectivity index (χ3v) is 4.49. The summed E-state index contributed by atoms with van der Waals surface area (Å²) in [7, 11) is 3.94. The first-order valence-electron chi connectivity index (χ1n) is 8.20. The molecule has 25 heavy (non-hydrogen) atoms. The molecular weight excluding hydrogens is 318 g/mol. The fraction of sp³-hybridized carbons (Fsp3) is 0.353. The first-order chi connectivity index (χ1) is 12.1. The highest BCUT2D eigenvalue weighted by Gasteiger charge is 2.30. The summed E-state index contributed by atoms with van der Waals surface area (Å²) in [5.41, 5.74) is 2.31. The zero-order chi connectivity index (χ0) is 17.4. The molecule has 0 spiro atoms. The van der Waals surface area contributed by atoms with Gasteiger partial charge in [0.1, 0.15) is 11.2 Å². The van der Waals surface area contributed by atoms with Crippen LogP contribution in [0.4, 0.5) is 5.82 Å². The summed E-state index contributed by atoms with van der Waals surface area (Å²) in [4.78, 5) is 29.2. The SMILES string of the molecule is CN(C)c1nc([C@H]2CCN(C(=O)c3cnccn3)C2)cn2nccc12. The fourth-order valence-corrected chi connectivity index (χ4v) is 3.21. The second-order valence-corrected chi connectivity index (χ2v) is 6.37. The maximum atomic E-state index is 12.5. The van der Waals surface area contributed by atoms with Crippen LogP contribution in [0.5, 0.6) is 0 Å². The van der Waals surface area contributed by atoms with Crippen molar-refractivity contribution in [2.45, 2.75) is 12.3 Å². The fourth-order valence-electron chi connectivity index (χ4n) is 3.21. The molecule has 8 nitrogen and oxygen atoms in total. The van der Waals surface area contributed by atoms with Gasteiger partial charge in [0, 0.05) is 45.5 Å². The Morgan fingerprint density at radius 1 is 1.28 bits per heavy atom. The molecule has 0 aliphatic carbocycles. The molecule has 1 saturated heterocycles. The van der Waals surface area contributed by atoms with Crippen LogP contribution in [-0.2, 0) is 0 Å². The predicted octanol–water partition coefficient (Wildman–Crippen LogP) is 1.21. The summed E-state index contributed by atoms with van der Waals surface area (Å²) in [6, 6.07) is 1.95. The molecule has 4 rings (SSSR count). The summed E-state index contributed by atoms with van der Waals surface area (Å²) in [6.45, 7) is 1.32. The monoisotopic (exact) mass is 337 g/mol. The van der Waals surface area contributed by atoms with E-state index in [1.54, 1.807) is 12.4 Å². The molecule has 1 fully saturated rings. The molecule has 1 amide bonds. The van der Waals surface area contributed by atoms with E-state index in [9.17, 15) is 4.79 Å². The lowest BCUT2D eigenvalue weighted by Crippen LogP contribution is -2.29. The minimum absolute atomic E-state index is 0.0800. The highest BCUT2D eigenvalue weighted by Crippen LogP contribution is 2.29. The van der Waals surface area contributed by atoms with Gasteiger partial charge in [-0.1, -0.05) is 0 Å². The first-order valence-corrected chi connectivity index (χ1v) is 8.20. The van der Waals surface area contributed by atoms with Gasteiger partial charge in [0.25, 0.3) is 5.91 Å². The van der Waals surface area contributed by atoms with Crippen molar-refractivity contribution in [3.05, 3.63) is 48.4 Å². The van der Waals surface area contributed by atoms with Crippen LogP contribution in [0, 0.1) is 0 Å². The molecule has 0 N–H and O–H groups in total. The van der Waals surface area contributed by atoms with Crippen LogP contribution in [0.2, 0.25) is 0 Å². The molecular formula is C17H19N7O. The van der Waals surface area contributed by atoms with Crippen LogP contribution in [-0.4, -0.2) is 62.6 Å². The zero-order valence-corrected chi connectivity index (χ0v) is 14.2. The third kappa shape index (κ3) is 2.79. The Morgan fingerprint density at radius 3 is 2.92 bits per heavy atom. The lowest BCUT2D eigenvalue weighted by Gasteiger charge is -2.18. The number of hydrogen-bond acceptors (Lipinski definition) is 6. The summed E-state index contributed by atoms with van der Waals surface area (Å²) in [6.07, 6.45) is 9.22. The molecule has 3 aromatic rings. The minimum Gasteiger partial charge on any atom is -0.361 e. The van der Waals surface area contributed by atoms with Gasteiger partial charge in [-0.15, -0.1) is 0 Å². The number of rotatable bonds is 3. The van der Waals surface area contributed by atoms with E-state index >= 15 is 0 Å². The van der Waals surface area contributed by atoms with Crippen molar-refractivity contribution in [1.82, 2.24) is 29.5 Å². The van der Waals surface area contributed by atoms with Gasteiger partial charge < -0.3 is 9.80 Å². The van der Waals surface area contributed by atoms with Gasteiger partial charge >= 0.3 is 0 Å². The van der Waals surface area contributed by atoms with Gasteiger partial charge in [0.05, 0.1) is 24.3 Å². The Labute approximate surface area is 145 Å². The Bertz CT molecular complexity index is 906. The number of carbonyl (C=O) groups excluding carboxylic acids is 1.